The molecular weight excluding hydrogens is 246 g/mol. The van der Waals surface area contributed by atoms with Crippen molar-refractivity contribution in [1.82, 2.24) is 0 Å². The van der Waals surface area contributed by atoms with Crippen LogP contribution in [0.1, 0.15) is 18.4 Å². The second-order valence-corrected chi connectivity index (χ2v) is 4.60. The molecule has 1 aromatic rings. The summed E-state index contributed by atoms with van der Waals surface area (Å²) in [6.07, 6.45) is 1.20. The summed E-state index contributed by atoms with van der Waals surface area (Å²) in [4.78, 5) is 22.6. The maximum absolute atomic E-state index is 12.0. The average Bonchev–Trinajstić information content (AvgIpc) is 2.91. The fourth-order valence-corrected chi connectivity index (χ4v) is 2.08. The van der Waals surface area contributed by atoms with E-state index in [1.54, 1.807) is 6.07 Å². The van der Waals surface area contributed by atoms with Gasteiger partial charge in [0.2, 0.25) is 5.91 Å². The molecule has 1 saturated heterocycles. The third-order valence-corrected chi connectivity index (χ3v) is 3.18. The first-order valence-electron chi connectivity index (χ1n) is 6.35. The van der Waals surface area contributed by atoms with Crippen LogP contribution in [0, 0.1) is 5.92 Å². The molecule has 5 heteroatoms. The Morgan fingerprint density at radius 3 is 2.84 bits per heavy atom. The summed E-state index contributed by atoms with van der Waals surface area (Å²) in [5, 5.41) is 11.6. The van der Waals surface area contributed by atoms with Crippen LogP contribution in [0.2, 0.25) is 0 Å². The zero-order valence-corrected chi connectivity index (χ0v) is 10.6. The van der Waals surface area contributed by atoms with Gasteiger partial charge >= 0.3 is 5.97 Å². The SMILES string of the molecule is O=C(O)CCc1ccccc1NC(=O)C1CCOC1. The maximum atomic E-state index is 12.0. The number of carboxylic acids is 1. The second kappa shape index (κ2) is 6.33. The molecule has 1 amide bonds. The lowest BCUT2D eigenvalue weighted by Crippen LogP contribution is -2.23. The molecular formula is C14H17NO4. The first kappa shape index (κ1) is 13.5. The van der Waals surface area contributed by atoms with Crippen LogP contribution in [-0.2, 0) is 20.7 Å². The van der Waals surface area contributed by atoms with E-state index in [2.05, 4.69) is 5.32 Å². The highest BCUT2D eigenvalue weighted by atomic mass is 16.5. The lowest BCUT2D eigenvalue weighted by atomic mass is 10.1. The minimum Gasteiger partial charge on any atom is -0.481 e. The monoisotopic (exact) mass is 263 g/mol. The van der Waals surface area contributed by atoms with Crippen LogP contribution in [0.4, 0.5) is 5.69 Å². The van der Waals surface area contributed by atoms with E-state index in [9.17, 15) is 9.59 Å². The Morgan fingerprint density at radius 2 is 2.16 bits per heavy atom. The van der Waals surface area contributed by atoms with E-state index in [1.165, 1.54) is 0 Å². The quantitative estimate of drug-likeness (QED) is 0.847. The maximum Gasteiger partial charge on any atom is 0.303 e. The molecule has 0 aromatic heterocycles. The van der Waals surface area contributed by atoms with Gasteiger partial charge in [-0.25, -0.2) is 0 Å². The van der Waals surface area contributed by atoms with Gasteiger partial charge in [-0.05, 0) is 24.5 Å². The Kier molecular flexibility index (Phi) is 4.52. The molecule has 19 heavy (non-hydrogen) atoms. The highest BCUT2D eigenvalue weighted by Gasteiger charge is 2.23. The minimum absolute atomic E-state index is 0.0550. The standard InChI is InChI=1S/C14H17NO4/c16-13(17)6-5-10-3-1-2-4-12(10)15-14(18)11-7-8-19-9-11/h1-4,11H,5-9H2,(H,15,18)(H,16,17). The molecule has 0 aliphatic carbocycles. The number of amides is 1. The van der Waals surface area contributed by atoms with Crippen LogP contribution >= 0.6 is 0 Å². The van der Waals surface area contributed by atoms with Crippen molar-refractivity contribution in [3.8, 4) is 0 Å². The van der Waals surface area contributed by atoms with Crippen LogP contribution in [0.5, 0.6) is 0 Å². The third kappa shape index (κ3) is 3.79. The molecule has 5 nitrogen and oxygen atoms in total. The molecule has 0 radical (unpaired) electrons. The summed E-state index contributed by atoms with van der Waals surface area (Å²) in [6.45, 7) is 1.09. The number of carboxylic acid groups (broad SMARTS) is 1. The summed E-state index contributed by atoms with van der Waals surface area (Å²) < 4.78 is 5.19. The average molecular weight is 263 g/mol. The Morgan fingerprint density at radius 1 is 1.37 bits per heavy atom. The smallest absolute Gasteiger partial charge is 0.303 e. The highest BCUT2D eigenvalue weighted by molar-refractivity contribution is 5.93. The van der Waals surface area contributed by atoms with E-state index in [0.29, 0.717) is 25.3 Å². The van der Waals surface area contributed by atoms with Crippen molar-refractivity contribution in [2.45, 2.75) is 19.3 Å². The molecule has 1 unspecified atom stereocenters. The van der Waals surface area contributed by atoms with Crippen LogP contribution in [0.25, 0.3) is 0 Å². The fourth-order valence-electron chi connectivity index (χ4n) is 2.08. The molecule has 0 bridgehead atoms. The number of benzene rings is 1. The van der Waals surface area contributed by atoms with Gasteiger partial charge in [0, 0.05) is 18.7 Å². The first-order chi connectivity index (χ1) is 9.16. The van der Waals surface area contributed by atoms with Crippen molar-refractivity contribution in [2.75, 3.05) is 18.5 Å². The number of ether oxygens (including phenoxy) is 1. The molecule has 1 aliphatic rings. The summed E-state index contributed by atoms with van der Waals surface area (Å²) in [5.74, 6) is -1.00. The number of para-hydroxylation sites is 1. The van der Waals surface area contributed by atoms with Gasteiger partial charge in [-0.3, -0.25) is 9.59 Å². The molecule has 1 fully saturated rings. The summed E-state index contributed by atoms with van der Waals surface area (Å²) in [7, 11) is 0. The van der Waals surface area contributed by atoms with Crippen LogP contribution in [-0.4, -0.2) is 30.2 Å². The predicted molar refractivity (Wildman–Crippen MR) is 70.0 cm³/mol. The molecule has 0 spiro atoms. The van der Waals surface area contributed by atoms with Gasteiger partial charge in [0.1, 0.15) is 0 Å². The van der Waals surface area contributed by atoms with Crippen molar-refractivity contribution in [1.29, 1.82) is 0 Å². The third-order valence-electron chi connectivity index (χ3n) is 3.18. The molecule has 1 heterocycles. The molecule has 2 N–H and O–H groups in total. The normalized spacial score (nSPS) is 18.2. The van der Waals surface area contributed by atoms with E-state index < -0.39 is 5.97 Å². The van der Waals surface area contributed by atoms with Gasteiger partial charge in [0.05, 0.1) is 12.5 Å². The number of aryl methyl sites for hydroxylation is 1. The second-order valence-electron chi connectivity index (χ2n) is 4.60. The van der Waals surface area contributed by atoms with Crippen LogP contribution < -0.4 is 5.32 Å². The largest absolute Gasteiger partial charge is 0.481 e. The van der Waals surface area contributed by atoms with Gasteiger partial charge in [-0.1, -0.05) is 18.2 Å². The number of carbonyl (C=O) groups is 2. The van der Waals surface area contributed by atoms with Crippen molar-refractivity contribution in [3.05, 3.63) is 29.8 Å². The van der Waals surface area contributed by atoms with E-state index in [-0.39, 0.29) is 18.2 Å². The topological polar surface area (TPSA) is 75.6 Å². The highest BCUT2D eigenvalue weighted by Crippen LogP contribution is 2.20. The lowest BCUT2D eigenvalue weighted by Gasteiger charge is -2.13. The van der Waals surface area contributed by atoms with Crippen LogP contribution in [0.3, 0.4) is 0 Å². The Labute approximate surface area is 111 Å². The van der Waals surface area contributed by atoms with Gasteiger partial charge in [0.25, 0.3) is 0 Å². The number of carbonyl (C=O) groups excluding carboxylic acids is 1. The molecule has 1 aromatic carbocycles. The number of hydrogen-bond donors (Lipinski definition) is 2. The van der Waals surface area contributed by atoms with Crippen molar-refractivity contribution < 1.29 is 19.4 Å². The zero-order chi connectivity index (χ0) is 13.7. The molecule has 0 saturated carbocycles. The summed E-state index contributed by atoms with van der Waals surface area (Å²) in [5.41, 5.74) is 1.54. The number of anilines is 1. The number of hydrogen-bond acceptors (Lipinski definition) is 3. The fraction of sp³-hybridized carbons (Fsp3) is 0.429. The van der Waals surface area contributed by atoms with Crippen molar-refractivity contribution >= 4 is 17.6 Å². The summed E-state index contributed by atoms with van der Waals surface area (Å²) in [6, 6.07) is 7.30. The van der Waals surface area contributed by atoms with E-state index in [0.717, 1.165) is 12.0 Å². The minimum atomic E-state index is -0.842. The van der Waals surface area contributed by atoms with Crippen LogP contribution in [0.15, 0.2) is 24.3 Å². The Bertz CT molecular complexity index is 466. The Balaban J connectivity index is 2.02. The van der Waals surface area contributed by atoms with Gasteiger partial charge in [-0.15, -0.1) is 0 Å². The van der Waals surface area contributed by atoms with E-state index in [4.69, 9.17) is 9.84 Å². The zero-order valence-electron chi connectivity index (χ0n) is 10.6. The molecule has 1 atom stereocenters. The van der Waals surface area contributed by atoms with Gasteiger partial charge in [0.15, 0.2) is 0 Å². The van der Waals surface area contributed by atoms with E-state index >= 15 is 0 Å². The first-order valence-corrected chi connectivity index (χ1v) is 6.35. The predicted octanol–water partition coefficient (Wildman–Crippen LogP) is 1.68. The number of nitrogens with one attached hydrogen (secondary N) is 1. The Hall–Kier alpha value is -1.88. The van der Waals surface area contributed by atoms with Gasteiger partial charge < -0.3 is 15.2 Å². The van der Waals surface area contributed by atoms with Crippen molar-refractivity contribution in [2.24, 2.45) is 5.92 Å². The lowest BCUT2D eigenvalue weighted by molar-refractivity contribution is -0.137. The molecule has 1 aliphatic heterocycles. The van der Waals surface area contributed by atoms with Gasteiger partial charge in [-0.2, -0.15) is 0 Å². The number of aliphatic carboxylic acids is 1. The molecule has 102 valence electrons. The van der Waals surface area contributed by atoms with Crippen molar-refractivity contribution in [3.63, 3.8) is 0 Å². The number of rotatable bonds is 5. The van der Waals surface area contributed by atoms with E-state index in [1.807, 2.05) is 18.2 Å². The molecule has 2 rings (SSSR count). The summed E-state index contributed by atoms with van der Waals surface area (Å²) >= 11 is 0.